The van der Waals surface area contributed by atoms with Crippen LogP contribution >= 0.6 is 0 Å². The first-order valence-corrected chi connectivity index (χ1v) is 7.09. The quantitative estimate of drug-likeness (QED) is 0.241. The van der Waals surface area contributed by atoms with Gasteiger partial charge in [-0.1, -0.05) is 6.08 Å². The fourth-order valence-electron chi connectivity index (χ4n) is 2.84. The molecule has 1 heterocycles. The lowest BCUT2D eigenvalue weighted by Crippen LogP contribution is -2.66. The molecular weight excluding hydrogens is 298 g/mol. The number of rotatable bonds is 3. The third-order valence-electron chi connectivity index (χ3n) is 4.25. The monoisotopic (exact) mass is 321 g/mol. The second kappa shape index (κ2) is 6.87. The third-order valence-corrected chi connectivity index (χ3v) is 4.25. The molecule has 0 aromatic rings. The molecule has 1 fully saturated rings. The Bertz CT molecular complexity index is 419. The highest BCUT2D eigenvalue weighted by molar-refractivity contribution is 5.22. The summed E-state index contributed by atoms with van der Waals surface area (Å²) in [6.07, 6.45) is -7.99. The molecule has 0 radical (unpaired) electrons. The third kappa shape index (κ3) is 3.18. The molecule has 9 atom stereocenters. The van der Waals surface area contributed by atoms with E-state index in [0.717, 1.165) is 0 Å². The van der Waals surface area contributed by atoms with E-state index in [1.165, 1.54) is 6.08 Å². The predicted octanol–water partition coefficient (Wildman–Crippen LogP) is -4.21. The first-order chi connectivity index (χ1) is 10.3. The highest BCUT2D eigenvalue weighted by atomic mass is 16.6. The molecule has 0 saturated carbocycles. The van der Waals surface area contributed by atoms with Gasteiger partial charge in [0.25, 0.3) is 0 Å². The molecule has 9 nitrogen and oxygen atoms in total. The van der Waals surface area contributed by atoms with Crippen LogP contribution in [0.5, 0.6) is 0 Å². The second-order valence-corrected chi connectivity index (χ2v) is 5.76. The Morgan fingerprint density at radius 3 is 2.23 bits per heavy atom. The van der Waals surface area contributed by atoms with E-state index in [4.69, 9.17) is 4.74 Å². The minimum atomic E-state index is -1.52. The fourth-order valence-corrected chi connectivity index (χ4v) is 2.84. The molecular formula is C13H23NO8. The standard InChI is InChI=1S/C13H23NO8/c1-4-7(10(18)12(20)13(21)22-4)14-6-2-5(3-15)8(16)11(19)9(6)17/h2,4,6-21H,3H2,1H3/t4?,6-,7+,8+,9-,10-,11-,12?,13+/m0/s1. The first kappa shape index (κ1) is 17.7. The van der Waals surface area contributed by atoms with Gasteiger partial charge in [-0.2, -0.15) is 0 Å². The van der Waals surface area contributed by atoms with Crippen molar-refractivity contribution in [2.24, 2.45) is 0 Å². The van der Waals surface area contributed by atoms with Gasteiger partial charge in [0.1, 0.15) is 30.5 Å². The number of aliphatic hydroxyl groups excluding tert-OH is 7. The highest BCUT2D eigenvalue weighted by Gasteiger charge is 2.45. The summed E-state index contributed by atoms with van der Waals surface area (Å²) in [7, 11) is 0. The van der Waals surface area contributed by atoms with Gasteiger partial charge in [-0.15, -0.1) is 0 Å². The molecule has 2 unspecified atom stereocenters. The van der Waals surface area contributed by atoms with Crippen molar-refractivity contribution in [1.29, 1.82) is 0 Å². The van der Waals surface area contributed by atoms with Gasteiger partial charge in [-0.05, 0) is 12.5 Å². The maximum absolute atomic E-state index is 10.0. The summed E-state index contributed by atoms with van der Waals surface area (Å²) in [5.41, 5.74) is 0.134. The molecule has 1 aliphatic carbocycles. The lowest BCUT2D eigenvalue weighted by Gasteiger charge is -2.43. The van der Waals surface area contributed by atoms with E-state index in [2.05, 4.69) is 5.32 Å². The smallest absolute Gasteiger partial charge is 0.183 e. The van der Waals surface area contributed by atoms with Crippen molar-refractivity contribution in [3.05, 3.63) is 11.6 Å². The number of aliphatic hydroxyl groups is 7. The molecule has 0 amide bonds. The normalized spacial score (nSPS) is 49.8. The maximum Gasteiger partial charge on any atom is 0.183 e. The molecule has 22 heavy (non-hydrogen) atoms. The molecule has 0 bridgehead atoms. The summed E-state index contributed by atoms with van der Waals surface area (Å²) in [5.74, 6) is 0. The van der Waals surface area contributed by atoms with Crippen molar-refractivity contribution >= 4 is 0 Å². The Hall–Kier alpha value is -0.620. The van der Waals surface area contributed by atoms with Gasteiger partial charge < -0.3 is 45.8 Å². The Morgan fingerprint density at radius 1 is 1.00 bits per heavy atom. The van der Waals surface area contributed by atoms with Crippen LogP contribution in [0, 0.1) is 0 Å². The maximum atomic E-state index is 10.0. The van der Waals surface area contributed by atoms with Crippen LogP contribution in [-0.2, 0) is 4.74 Å². The van der Waals surface area contributed by atoms with Gasteiger partial charge in [0, 0.05) is 0 Å². The van der Waals surface area contributed by atoms with E-state index in [-0.39, 0.29) is 5.57 Å². The average molecular weight is 321 g/mol. The molecule has 0 spiro atoms. The lowest BCUT2D eigenvalue weighted by atomic mass is 9.86. The number of hydrogen-bond donors (Lipinski definition) is 8. The van der Waals surface area contributed by atoms with Crippen LogP contribution in [0.3, 0.4) is 0 Å². The fraction of sp³-hybridized carbons (Fsp3) is 0.846. The summed E-state index contributed by atoms with van der Waals surface area (Å²) in [6, 6.07) is -1.72. The van der Waals surface area contributed by atoms with E-state index >= 15 is 0 Å². The summed E-state index contributed by atoms with van der Waals surface area (Å²) in [5, 5.41) is 70.6. The van der Waals surface area contributed by atoms with Crippen LogP contribution in [0.1, 0.15) is 6.92 Å². The average Bonchev–Trinajstić information content (AvgIpc) is 2.49. The Kier molecular flexibility index (Phi) is 5.54. The summed E-state index contributed by atoms with van der Waals surface area (Å²) in [6.45, 7) is 1.07. The number of nitrogens with one attached hydrogen (secondary N) is 1. The molecule has 128 valence electrons. The van der Waals surface area contributed by atoms with Gasteiger partial charge in [0.05, 0.1) is 24.8 Å². The van der Waals surface area contributed by atoms with Crippen molar-refractivity contribution in [1.82, 2.24) is 5.32 Å². The van der Waals surface area contributed by atoms with Crippen molar-refractivity contribution < 1.29 is 40.5 Å². The van der Waals surface area contributed by atoms with Crippen LogP contribution in [0.25, 0.3) is 0 Å². The SMILES string of the molecule is CC1O[C@@H](O)C(O)[C@@H](O)[C@@H]1N[C@H]1C=C(CO)[C@@H](O)[C@H](O)[C@H]1O. The highest BCUT2D eigenvalue weighted by Crippen LogP contribution is 2.24. The lowest BCUT2D eigenvalue weighted by molar-refractivity contribution is -0.254. The molecule has 8 N–H and O–H groups in total. The molecule has 1 saturated heterocycles. The van der Waals surface area contributed by atoms with E-state index in [0.29, 0.717) is 0 Å². The number of ether oxygens (including phenoxy) is 1. The zero-order valence-corrected chi connectivity index (χ0v) is 12.0. The molecule has 1 aliphatic heterocycles. The minimum Gasteiger partial charge on any atom is -0.392 e. The zero-order valence-electron chi connectivity index (χ0n) is 12.0. The topological polar surface area (TPSA) is 163 Å². The predicted molar refractivity (Wildman–Crippen MR) is 72.5 cm³/mol. The molecule has 9 heteroatoms. The van der Waals surface area contributed by atoms with Gasteiger partial charge in [-0.3, -0.25) is 0 Å². The van der Waals surface area contributed by atoms with Gasteiger partial charge >= 0.3 is 0 Å². The Morgan fingerprint density at radius 2 is 1.64 bits per heavy atom. The molecule has 2 aliphatic rings. The molecule has 2 rings (SSSR count). The van der Waals surface area contributed by atoms with Crippen molar-refractivity contribution in [2.45, 2.75) is 61.9 Å². The van der Waals surface area contributed by atoms with E-state index < -0.39 is 61.6 Å². The Balaban J connectivity index is 2.16. The van der Waals surface area contributed by atoms with Crippen molar-refractivity contribution in [3.8, 4) is 0 Å². The minimum absolute atomic E-state index is 0.134. The van der Waals surface area contributed by atoms with Crippen LogP contribution < -0.4 is 5.32 Å². The van der Waals surface area contributed by atoms with Crippen molar-refractivity contribution in [3.63, 3.8) is 0 Å². The first-order valence-electron chi connectivity index (χ1n) is 7.09. The molecule has 0 aromatic carbocycles. The van der Waals surface area contributed by atoms with Crippen LogP contribution in [-0.4, -0.2) is 97.4 Å². The summed E-state index contributed by atoms with van der Waals surface area (Å²) < 4.78 is 5.08. The summed E-state index contributed by atoms with van der Waals surface area (Å²) in [4.78, 5) is 0. The number of hydrogen-bond acceptors (Lipinski definition) is 9. The van der Waals surface area contributed by atoms with Gasteiger partial charge in [-0.25, -0.2) is 0 Å². The van der Waals surface area contributed by atoms with Crippen LogP contribution in [0.4, 0.5) is 0 Å². The van der Waals surface area contributed by atoms with Crippen LogP contribution in [0.15, 0.2) is 11.6 Å². The largest absolute Gasteiger partial charge is 0.392 e. The van der Waals surface area contributed by atoms with Gasteiger partial charge in [0.2, 0.25) is 0 Å². The van der Waals surface area contributed by atoms with E-state index in [9.17, 15) is 35.7 Å². The van der Waals surface area contributed by atoms with E-state index in [1.807, 2.05) is 0 Å². The van der Waals surface area contributed by atoms with Crippen molar-refractivity contribution in [2.75, 3.05) is 6.61 Å². The van der Waals surface area contributed by atoms with E-state index in [1.54, 1.807) is 6.92 Å². The molecule has 0 aromatic heterocycles. The van der Waals surface area contributed by atoms with Gasteiger partial charge in [0.15, 0.2) is 6.29 Å². The second-order valence-electron chi connectivity index (χ2n) is 5.76. The Labute approximate surface area is 127 Å². The summed E-state index contributed by atoms with van der Waals surface area (Å²) >= 11 is 0. The van der Waals surface area contributed by atoms with Crippen LogP contribution in [0.2, 0.25) is 0 Å². The zero-order chi connectivity index (χ0) is 16.6.